The summed E-state index contributed by atoms with van der Waals surface area (Å²) in [5.74, 6) is 0. The van der Waals surface area contributed by atoms with E-state index in [0.717, 1.165) is 34.3 Å². The van der Waals surface area contributed by atoms with E-state index in [4.69, 9.17) is 0 Å². The summed E-state index contributed by atoms with van der Waals surface area (Å²) in [5.41, 5.74) is 1.07. The number of fused-ring (bicyclic) bond motifs is 1. The molecule has 1 heterocycles. The van der Waals surface area contributed by atoms with Gasteiger partial charge in [-0.1, -0.05) is 40.1 Å². The highest BCUT2D eigenvalue weighted by molar-refractivity contribution is 9.10. The molecule has 0 unspecified atom stereocenters. The van der Waals surface area contributed by atoms with E-state index in [9.17, 15) is 0 Å². The van der Waals surface area contributed by atoms with Crippen molar-refractivity contribution in [3.8, 4) is 0 Å². The standard InChI is InChI=1S/C15H20BrN3S/c1-19(12-4-2-3-5-12)9-8-17-15-18-13-10-11(16)6-7-14(13)20-15/h6-7,10,12H,2-5,8-9H2,1H3,(H,17,18). The van der Waals surface area contributed by atoms with Crippen molar-refractivity contribution in [2.45, 2.75) is 31.7 Å². The lowest BCUT2D eigenvalue weighted by Gasteiger charge is -2.23. The van der Waals surface area contributed by atoms with Crippen LogP contribution < -0.4 is 5.32 Å². The van der Waals surface area contributed by atoms with E-state index in [2.05, 4.69) is 56.4 Å². The fourth-order valence-electron chi connectivity index (χ4n) is 2.84. The van der Waals surface area contributed by atoms with Gasteiger partial charge in [-0.15, -0.1) is 0 Å². The molecular formula is C15H20BrN3S. The Balaban J connectivity index is 1.54. The van der Waals surface area contributed by atoms with Crippen molar-refractivity contribution in [2.24, 2.45) is 0 Å². The van der Waals surface area contributed by atoms with Crippen molar-refractivity contribution in [1.82, 2.24) is 9.88 Å². The van der Waals surface area contributed by atoms with E-state index in [1.807, 2.05) is 0 Å². The minimum absolute atomic E-state index is 0.795. The molecule has 0 saturated heterocycles. The zero-order valence-electron chi connectivity index (χ0n) is 11.7. The van der Waals surface area contributed by atoms with Crippen LogP contribution in [-0.2, 0) is 0 Å². The minimum Gasteiger partial charge on any atom is -0.360 e. The second kappa shape index (κ2) is 6.41. The SMILES string of the molecule is CN(CCNc1nc2cc(Br)ccc2s1)C1CCCC1. The molecule has 1 aromatic carbocycles. The Morgan fingerprint density at radius 1 is 1.40 bits per heavy atom. The summed E-state index contributed by atoms with van der Waals surface area (Å²) in [6, 6.07) is 7.05. The Bertz CT molecular complexity index is 578. The van der Waals surface area contributed by atoms with Crippen molar-refractivity contribution < 1.29 is 0 Å². The highest BCUT2D eigenvalue weighted by Crippen LogP contribution is 2.28. The molecule has 2 aromatic rings. The maximum absolute atomic E-state index is 4.63. The minimum atomic E-state index is 0.795. The topological polar surface area (TPSA) is 28.2 Å². The van der Waals surface area contributed by atoms with Gasteiger partial charge in [0.25, 0.3) is 0 Å². The number of benzene rings is 1. The molecule has 1 N–H and O–H groups in total. The molecule has 0 spiro atoms. The molecule has 0 aliphatic heterocycles. The van der Waals surface area contributed by atoms with Crippen molar-refractivity contribution in [3.63, 3.8) is 0 Å². The van der Waals surface area contributed by atoms with Gasteiger partial charge in [0.05, 0.1) is 10.2 Å². The Kier molecular flexibility index (Phi) is 4.58. The molecule has 20 heavy (non-hydrogen) atoms. The third kappa shape index (κ3) is 3.32. The second-order valence-electron chi connectivity index (χ2n) is 5.48. The maximum Gasteiger partial charge on any atom is 0.183 e. The second-order valence-corrected chi connectivity index (χ2v) is 7.42. The molecule has 1 aliphatic carbocycles. The number of rotatable bonds is 5. The Morgan fingerprint density at radius 2 is 2.20 bits per heavy atom. The summed E-state index contributed by atoms with van der Waals surface area (Å²) in [5, 5.41) is 4.48. The lowest BCUT2D eigenvalue weighted by molar-refractivity contribution is 0.254. The first kappa shape index (κ1) is 14.3. The van der Waals surface area contributed by atoms with Gasteiger partial charge in [-0.2, -0.15) is 0 Å². The Hall–Kier alpha value is -0.650. The van der Waals surface area contributed by atoms with Crippen molar-refractivity contribution in [1.29, 1.82) is 0 Å². The average Bonchev–Trinajstić information content (AvgIpc) is 3.06. The predicted octanol–water partition coefficient (Wildman–Crippen LogP) is 4.35. The van der Waals surface area contributed by atoms with Crippen molar-refractivity contribution in [2.75, 3.05) is 25.5 Å². The quantitative estimate of drug-likeness (QED) is 0.866. The fraction of sp³-hybridized carbons (Fsp3) is 0.533. The largest absolute Gasteiger partial charge is 0.360 e. The number of aromatic nitrogens is 1. The number of nitrogens with zero attached hydrogens (tertiary/aromatic N) is 2. The molecule has 0 bridgehead atoms. The van der Waals surface area contributed by atoms with Gasteiger partial charge in [-0.05, 0) is 38.1 Å². The molecule has 1 aromatic heterocycles. The summed E-state index contributed by atoms with van der Waals surface area (Å²) in [4.78, 5) is 7.12. The van der Waals surface area contributed by atoms with E-state index in [1.54, 1.807) is 11.3 Å². The number of anilines is 1. The normalized spacial score (nSPS) is 16.4. The summed E-state index contributed by atoms with van der Waals surface area (Å²) in [6.45, 7) is 2.05. The molecule has 3 rings (SSSR count). The highest BCUT2D eigenvalue weighted by Gasteiger charge is 2.18. The van der Waals surface area contributed by atoms with Crippen LogP contribution in [0.2, 0.25) is 0 Å². The number of halogens is 1. The van der Waals surface area contributed by atoms with Gasteiger partial charge in [0.1, 0.15) is 0 Å². The lowest BCUT2D eigenvalue weighted by atomic mass is 10.2. The first-order valence-electron chi connectivity index (χ1n) is 7.22. The smallest absolute Gasteiger partial charge is 0.183 e. The van der Waals surface area contributed by atoms with Crippen LogP contribution >= 0.6 is 27.3 Å². The van der Waals surface area contributed by atoms with Gasteiger partial charge >= 0.3 is 0 Å². The zero-order valence-corrected chi connectivity index (χ0v) is 14.1. The summed E-state index contributed by atoms with van der Waals surface area (Å²) in [7, 11) is 2.24. The van der Waals surface area contributed by atoms with E-state index in [0.29, 0.717) is 0 Å². The van der Waals surface area contributed by atoms with Gasteiger partial charge < -0.3 is 10.2 Å². The number of hydrogen-bond acceptors (Lipinski definition) is 4. The van der Waals surface area contributed by atoms with Gasteiger partial charge in [0.15, 0.2) is 5.13 Å². The molecule has 0 radical (unpaired) electrons. The molecule has 1 saturated carbocycles. The van der Waals surface area contributed by atoms with Crippen LogP contribution in [0.5, 0.6) is 0 Å². The number of thiazole rings is 1. The van der Waals surface area contributed by atoms with Crippen LogP contribution in [-0.4, -0.2) is 36.1 Å². The number of likely N-dealkylation sites (N-methyl/N-ethyl adjacent to an activating group) is 1. The van der Waals surface area contributed by atoms with E-state index < -0.39 is 0 Å². The monoisotopic (exact) mass is 353 g/mol. The third-order valence-electron chi connectivity index (χ3n) is 4.04. The molecule has 5 heteroatoms. The predicted molar refractivity (Wildman–Crippen MR) is 90.7 cm³/mol. The first-order valence-corrected chi connectivity index (χ1v) is 8.83. The number of nitrogens with one attached hydrogen (secondary N) is 1. The molecule has 0 atom stereocenters. The van der Waals surface area contributed by atoms with Crippen LogP contribution in [0, 0.1) is 0 Å². The summed E-state index contributed by atoms with van der Waals surface area (Å²) in [6.07, 6.45) is 5.53. The summed E-state index contributed by atoms with van der Waals surface area (Å²) >= 11 is 5.22. The fourth-order valence-corrected chi connectivity index (χ4v) is 4.06. The van der Waals surface area contributed by atoms with Crippen LogP contribution in [0.15, 0.2) is 22.7 Å². The van der Waals surface area contributed by atoms with Crippen LogP contribution in [0.1, 0.15) is 25.7 Å². The average molecular weight is 354 g/mol. The van der Waals surface area contributed by atoms with Crippen LogP contribution in [0.4, 0.5) is 5.13 Å². The molecule has 108 valence electrons. The summed E-state index contributed by atoms with van der Waals surface area (Å²) < 4.78 is 2.32. The van der Waals surface area contributed by atoms with Gasteiger partial charge in [-0.3, -0.25) is 0 Å². The lowest BCUT2D eigenvalue weighted by Crippen LogP contribution is -2.33. The van der Waals surface area contributed by atoms with Crippen molar-refractivity contribution in [3.05, 3.63) is 22.7 Å². The van der Waals surface area contributed by atoms with E-state index in [1.165, 1.54) is 30.4 Å². The maximum atomic E-state index is 4.63. The molecule has 0 amide bonds. The molecular weight excluding hydrogens is 334 g/mol. The highest BCUT2D eigenvalue weighted by atomic mass is 79.9. The Labute approximate surface area is 132 Å². The molecule has 1 fully saturated rings. The van der Waals surface area contributed by atoms with E-state index >= 15 is 0 Å². The molecule has 1 aliphatic rings. The first-order chi connectivity index (χ1) is 9.72. The molecule has 3 nitrogen and oxygen atoms in total. The van der Waals surface area contributed by atoms with E-state index in [-0.39, 0.29) is 0 Å². The van der Waals surface area contributed by atoms with Gasteiger partial charge in [0.2, 0.25) is 0 Å². The number of hydrogen-bond donors (Lipinski definition) is 1. The van der Waals surface area contributed by atoms with Gasteiger partial charge in [-0.25, -0.2) is 4.98 Å². The van der Waals surface area contributed by atoms with Gasteiger partial charge in [0, 0.05) is 23.6 Å². The van der Waals surface area contributed by atoms with Crippen LogP contribution in [0.3, 0.4) is 0 Å². The van der Waals surface area contributed by atoms with Crippen LogP contribution in [0.25, 0.3) is 10.2 Å². The third-order valence-corrected chi connectivity index (χ3v) is 5.53. The van der Waals surface area contributed by atoms with Crippen molar-refractivity contribution >= 4 is 42.6 Å². The Morgan fingerprint density at radius 3 is 3.00 bits per heavy atom. The zero-order chi connectivity index (χ0) is 13.9.